The zero-order valence-electron chi connectivity index (χ0n) is 10.1. The van der Waals surface area contributed by atoms with Crippen molar-refractivity contribution in [3.05, 3.63) is 22.2 Å². The number of hydrogen-bond acceptors (Lipinski definition) is 5. The SMILES string of the molecule is CNc1cc([N+](=O)[O-])cc(NCCCC(F)(F)F)n1. The Bertz CT molecular complexity index is 451. The average Bonchev–Trinajstić information content (AvgIpc) is 2.33. The van der Waals surface area contributed by atoms with Crippen molar-refractivity contribution in [1.29, 1.82) is 0 Å². The first-order valence-corrected chi connectivity index (χ1v) is 5.46. The predicted octanol–water partition coefficient (Wildman–Crippen LogP) is 2.79. The van der Waals surface area contributed by atoms with Crippen LogP contribution in [0.1, 0.15) is 12.8 Å². The lowest BCUT2D eigenvalue weighted by molar-refractivity contribution is -0.384. The molecule has 0 radical (unpaired) electrons. The van der Waals surface area contributed by atoms with Crippen LogP contribution >= 0.6 is 0 Å². The Morgan fingerprint density at radius 3 is 2.53 bits per heavy atom. The molecule has 106 valence electrons. The van der Waals surface area contributed by atoms with Crippen LogP contribution in [-0.4, -0.2) is 29.7 Å². The average molecular weight is 278 g/mol. The molecule has 0 saturated heterocycles. The molecule has 6 nitrogen and oxygen atoms in total. The highest BCUT2D eigenvalue weighted by Crippen LogP contribution is 2.22. The van der Waals surface area contributed by atoms with Crippen molar-refractivity contribution >= 4 is 17.3 Å². The van der Waals surface area contributed by atoms with Crippen molar-refractivity contribution in [2.24, 2.45) is 0 Å². The van der Waals surface area contributed by atoms with Gasteiger partial charge in [0.1, 0.15) is 11.6 Å². The summed E-state index contributed by atoms with van der Waals surface area (Å²) in [7, 11) is 1.54. The zero-order chi connectivity index (χ0) is 14.5. The first-order chi connectivity index (χ1) is 8.81. The number of pyridine rings is 1. The molecule has 1 heterocycles. The number of aromatic nitrogens is 1. The molecule has 9 heteroatoms. The van der Waals surface area contributed by atoms with Gasteiger partial charge in [0.05, 0.1) is 17.1 Å². The van der Waals surface area contributed by atoms with Crippen LogP contribution in [-0.2, 0) is 0 Å². The van der Waals surface area contributed by atoms with E-state index in [-0.39, 0.29) is 30.3 Å². The fourth-order valence-electron chi connectivity index (χ4n) is 1.35. The zero-order valence-corrected chi connectivity index (χ0v) is 10.1. The van der Waals surface area contributed by atoms with E-state index in [0.717, 1.165) is 0 Å². The second kappa shape index (κ2) is 6.21. The predicted molar refractivity (Wildman–Crippen MR) is 64.2 cm³/mol. The fourth-order valence-corrected chi connectivity index (χ4v) is 1.35. The molecule has 0 aliphatic carbocycles. The van der Waals surface area contributed by atoms with Gasteiger partial charge >= 0.3 is 6.18 Å². The minimum absolute atomic E-state index is 0.0385. The van der Waals surface area contributed by atoms with Gasteiger partial charge in [-0.2, -0.15) is 13.2 Å². The maximum atomic E-state index is 11.9. The minimum atomic E-state index is -4.20. The molecule has 0 atom stereocenters. The van der Waals surface area contributed by atoms with Crippen LogP contribution in [0.15, 0.2) is 12.1 Å². The van der Waals surface area contributed by atoms with Crippen LogP contribution in [0.25, 0.3) is 0 Å². The van der Waals surface area contributed by atoms with Gasteiger partial charge in [-0.05, 0) is 6.42 Å². The number of alkyl halides is 3. The largest absolute Gasteiger partial charge is 0.389 e. The first-order valence-electron chi connectivity index (χ1n) is 5.46. The molecule has 0 fully saturated rings. The standard InChI is InChI=1S/C10H13F3N4O2/c1-14-8-5-7(17(18)19)6-9(16-8)15-4-2-3-10(11,12)13/h5-6H,2-4H2,1H3,(H2,14,15,16). The van der Waals surface area contributed by atoms with Crippen molar-refractivity contribution in [3.8, 4) is 0 Å². The molecule has 0 bridgehead atoms. The monoisotopic (exact) mass is 278 g/mol. The lowest BCUT2D eigenvalue weighted by Gasteiger charge is -2.09. The fraction of sp³-hybridized carbons (Fsp3) is 0.500. The number of anilines is 2. The highest BCUT2D eigenvalue weighted by atomic mass is 19.4. The summed E-state index contributed by atoms with van der Waals surface area (Å²) in [4.78, 5) is 14.0. The Kier molecular flexibility index (Phi) is 4.90. The second-order valence-electron chi connectivity index (χ2n) is 3.75. The highest BCUT2D eigenvalue weighted by molar-refractivity contribution is 5.54. The molecule has 0 aliphatic rings. The Labute approximate surface area is 107 Å². The van der Waals surface area contributed by atoms with E-state index < -0.39 is 17.5 Å². The van der Waals surface area contributed by atoms with Crippen molar-refractivity contribution in [2.45, 2.75) is 19.0 Å². The lowest BCUT2D eigenvalue weighted by atomic mass is 10.3. The van der Waals surface area contributed by atoms with Gasteiger partial charge in [-0.3, -0.25) is 10.1 Å². The van der Waals surface area contributed by atoms with E-state index in [2.05, 4.69) is 15.6 Å². The molecule has 1 rings (SSSR count). The smallest absolute Gasteiger partial charge is 0.373 e. The van der Waals surface area contributed by atoms with Gasteiger partial charge in [-0.15, -0.1) is 0 Å². The minimum Gasteiger partial charge on any atom is -0.373 e. The number of nitro groups is 1. The van der Waals surface area contributed by atoms with E-state index in [1.165, 1.54) is 12.1 Å². The molecule has 1 aromatic rings. The van der Waals surface area contributed by atoms with Crippen LogP contribution < -0.4 is 10.6 Å². The summed E-state index contributed by atoms with van der Waals surface area (Å²) in [6, 6.07) is 2.41. The summed E-state index contributed by atoms with van der Waals surface area (Å²) >= 11 is 0. The quantitative estimate of drug-likeness (QED) is 0.475. The van der Waals surface area contributed by atoms with Crippen LogP contribution in [0.5, 0.6) is 0 Å². The molecular weight excluding hydrogens is 265 g/mol. The third-order valence-electron chi connectivity index (χ3n) is 2.22. The van der Waals surface area contributed by atoms with E-state index in [1.54, 1.807) is 7.05 Å². The summed E-state index contributed by atoms with van der Waals surface area (Å²) in [5.74, 6) is 0.438. The molecular formula is C10H13F3N4O2. The highest BCUT2D eigenvalue weighted by Gasteiger charge is 2.25. The summed E-state index contributed by atoms with van der Waals surface area (Å²) in [6.07, 6.45) is -5.23. The van der Waals surface area contributed by atoms with Gasteiger partial charge in [0.25, 0.3) is 5.69 Å². The van der Waals surface area contributed by atoms with Crippen LogP contribution in [0.2, 0.25) is 0 Å². The topological polar surface area (TPSA) is 80.1 Å². The summed E-state index contributed by atoms with van der Waals surface area (Å²) in [6.45, 7) is 0.0385. The molecule has 0 aliphatic heterocycles. The number of hydrogen-bond donors (Lipinski definition) is 2. The van der Waals surface area contributed by atoms with E-state index >= 15 is 0 Å². The van der Waals surface area contributed by atoms with E-state index in [1.807, 2.05) is 0 Å². The number of nitrogens with zero attached hydrogens (tertiary/aromatic N) is 2. The van der Waals surface area contributed by atoms with Crippen LogP contribution in [0.3, 0.4) is 0 Å². The number of rotatable bonds is 6. The Balaban J connectivity index is 2.62. The van der Waals surface area contributed by atoms with Gasteiger partial charge in [0.15, 0.2) is 0 Å². The van der Waals surface area contributed by atoms with Gasteiger partial charge in [-0.1, -0.05) is 0 Å². The lowest BCUT2D eigenvalue weighted by Crippen LogP contribution is -2.11. The molecule has 0 saturated carbocycles. The van der Waals surface area contributed by atoms with E-state index in [4.69, 9.17) is 0 Å². The molecule has 19 heavy (non-hydrogen) atoms. The van der Waals surface area contributed by atoms with Gasteiger partial charge < -0.3 is 10.6 Å². The van der Waals surface area contributed by atoms with E-state index in [9.17, 15) is 23.3 Å². The first kappa shape index (κ1) is 15.0. The summed E-state index contributed by atoms with van der Waals surface area (Å²) < 4.78 is 35.8. The molecule has 0 unspecified atom stereocenters. The molecule has 0 aromatic carbocycles. The van der Waals surface area contributed by atoms with Crippen molar-refractivity contribution in [2.75, 3.05) is 24.2 Å². The van der Waals surface area contributed by atoms with Gasteiger partial charge in [0, 0.05) is 20.0 Å². The van der Waals surface area contributed by atoms with Crippen LogP contribution in [0.4, 0.5) is 30.5 Å². The van der Waals surface area contributed by atoms with Gasteiger partial charge in [-0.25, -0.2) is 4.98 Å². The summed E-state index contributed by atoms with van der Waals surface area (Å²) in [5, 5.41) is 15.9. The number of halogens is 3. The maximum Gasteiger partial charge on any atom is 0.389 e. The summed E-state index contributed by atoms with van der Waals surface area (Å²) in [5.41, 5.74) is -0.183. The Morgan fingerprint density at radius 1 is 1.37 bits per heavy atom. The van der Waals surface area contributed by atoms with E-state index in [0.29, 0.717) is 0 Å². The molecule has 0 spiro atoms. The van der Waals surface area contributed by atoms with Crippen molar-refractivity contribution < 1.29 is 18.1 Å². The maximum absolute atomic E-state index is 11.9. The van der Waals surface area contributed by atoms with Gasteiger partial charge in [0.2, 0.25) is 0 Å². The number of nitrogens with one attached hydrogen (secondary N) is 2. The third-order valence-corrected chi connectivity index (χ3v) is 2.22. The molecule has 2 N–H and O–H groups in total. The Hall–Kier alpha value is -2.06. The van der Waals surface area contributed by atoms with Crippen LogP contribution in [0, 0.1) is 10.1 Å². The van der Waals surface area contributed by atoms with Crippen molar-refractivity contribution in [1.82, 2.24) is 4.98 Å². The molecule has 0 amide bonds. The molecule has 1 aromatic heterocycles. The Morgan fingerprint density at radius 2 is 2.00 bits per heavy atom. The third kappa shape index (κ3) is 5.40. The second-order valence-corrected chi connectivity index (χ2v) is 3.75. The normalized spacial score (nSPS) is 11.2. The van der Waals surface area contributed by atoms with Crippen molar-refractivity contribution in [3.63, 3.8) is 0 Å².